The molecule has 0 aliphatic carbocycles. The van der Waals surface area contributed by atoms with Crippen molar-refractivity contribution in [3.05, 3.63) is 0 Å². The summed E-state index contributed by atoms with van der Waals surface area (Å²) >= 11 is 0. The van der Waals surface area contributed by atoms with Gasteiger partial charge >= 0.3 is 11.9 Å². The van der Waals surface area contributed by atoms with Crippen LogP contribution in [0.15, 0.2) is 0 Å². The lowest BCUT2D eigenvalue weighted by Gasteiger charge is -2.40. The van der Waals surface area contributed by atoms with Crippen molar-refractivity contribution in [3.63, 3.8) is 0 Å². The van der Waals surface area contributed by atoms with Gasteiger partial charge in [-0.3, -0.25) is 14.1 Å². The minimum atomic E-state index is -4.59. The molecule has 12 nitrogen and oxygen atoms in total. The van der Waals surface area contributed by atoms with Gasteiger partial charge in [0.2, 0.25) is 0 Å². The molecule has 0 saturated carbocycles. The second kappa shape index (κ2) is 37.2. The molecule has 1 saturated heterocycles. The summed E-state index contributed by atoms with van der Waals surface area (Å²) in [5.41, 5.74) is 0. The Balaban J connectivity index is 2.32. The zero-order chi connectivity index (χ0) is 43.4. The van der Waals surface area contributed by atoms with Crippen molar-refractivity contribution in [3.8, 4) is 0 Å². The molecule has 6 unspecified atom stereocenters. The number of rotatable bonds is 41. The SMILES string of the molecule is CCCCCCCCCCCCCCCCCCCCCCCCC(=O)OC(COC(=O)CCCCCCCCCCC)COC1OC(CS(=O)(=O)O)C(O)C(O)C1O. The number of aliphatic hydroxyl groups excluding tert-OH is 3. The Hall–Kier alpha value is -1.35. The molecule has 0 amide bonds. The number of aliphatic hydroxyl groups is 3. The Morgan fingerprint density at radius 1 is 0.508 bits per heavy atom. The van der Waals surface area contributed by atoms with Gasteiger partial charge in [0.15, 0.2) is 12.4 Å². The van der Waals surface area contributed by atoms with Crippen molar-refractivity contribution in [2.75, 3.05) is 19.0 Å². The first-order chi connectivity index (χ1) is 28.5. The third kappa shape index (κ3) is 32.1. The molecular formula is C46H88O12S. The normalized spacial score (nSPS) is 20.1. The monoisotopic (exact) mass is 865 g/mol. The third-order valence-corrected chi connectivity index (χ3v) is 12.2. The highest BCUT2D eigenvalue weighted by atomic mass is 32.2. The smallest absolute Gasteiger partial charge is 0.306 e. The number of carbonyl (C=O) groups is 2. The lowest BCUT2D eigenvalue weighted by atomic mass is 10.00. The summed E-state index contributed by atoms with van der Waals surface area (Å²) in [5, 5.41) is 30.9. The topological polar surface area (TPSA) is 186 Å². The number of hydrogen-bond acceptors (Lipinski definition) is 11. The van der Waals surface area contributed by atoms with E-state index >= 15 is 0 Å². The van der Waals surface area contributed by atoms with Gasteiger partial charge in [-0.25, -0.2) is 0 Å². The molecule has 0 spiro atoms. The van der Waals surface area contributed by atoms with Crippen molar-refractivity contribution in [2.24, 2.45) is 0 Å². The quantitative estimate of drug-likeness (QED) is 0.0259. The van der Waals surface area contributed by atoms with Crippen LogP contribution in [0.25, 0.3) is 0 Å². The highest BCUT2D eigenvalue weighted by molar-refractivity contribution is 7.85. The van der Waals surface area contributed by atoms with Gasteiger partial charge < -0.3 is 34.3 Å². The number of unbranched alkanes of at least 4 members (excludes halogenated alkanes) is 29. The van der Waals surface area contributed by atoms with Crippen LogP contribution in [0.5, 0.6) is 0 Å². The summed E-state index contributed by atoms with van der Waals surface area (Å²) in [4.78, 5) is 25.3. The average molecular weight is 865 g/mol. The number of hydrogen-bond donors (Lipinski definition) is 4. The number of ether oxygens (including phenoxy) is 4. The van der Waals surface area contributed by atoms with Gasteiger partial charge in [0.25, 0.3) is 10.1 Å². The molecule has 350 valence electrons. The van der Waals surface area contributed by atoms with E-state index in [-0.39, 0.29) is 19.4 Å². The van der Waals surface area contributed by atoms with Crippen molar-refractivity contribution in [1.82, 2.24) is 0 Å². The largest absolute Gasteiger partial charge is 0.462 e. The fourth-order valence-electron chi connectivity index (χ4n) is 7.68. The minimum Gasteiger partial charge on any atom is -0.462 e. The van der Waals surface area contributed by atoms with E-state index < -0.39 is 71.2 Å². The highest BCUT2D eigenvalue weighted by Crippen LogP contribution is 2.24. The Morgan fingerprint density at radius 3 is 1.24 bits per heavy atom. The maximum absolute atomic E-state index is 12.8. The van der Waals surface area contributed by atoms with Crippen molar-refractivity contribution < 1.29 is 56.8 Å². The first kappa shape index (κ1) is 55.7. The molecule has 1 rings (SSSR count). The first-order valence-corrected chi connectivity index (χ1v) is 25.7. The molecule has 4 N–H and O–H groups in total. The molecule has 1 aliphatic heterocycles. The molecule has 0 aromatic rings. The fourth-order valence-corrected chi connectivity index (χ4v) is 8.37. The Morgan fingerprint density at radius 2 is 0.864 bits per heavy atom. The Labute approximate surface area is 359 Å². The lowest BCUT2D eigenvalue weighted by molar-refractivity contribution is -0.297. The molecule has 1 aliphatic rings. The third-order valence-electron chi connectivity index (χ3n) is 11.4. The second-order valence-corrected chi connectivity index (χ2v) is 18.6. The zero-order valence-corrected chi connectivity index (χ0v) is 38.2. The maximum atomic E-state index is 12.8. The highest BCUT2D eigenvalue weighted by Gasteiger charge is 2.46. The van der Waals surface area contributed by atoms with E-state index in [2.05, 4.69) is 13.8 Å². The molecule has 0 aromatic carbocycles. The van der Waals surface area contributed by atoms with Crippen LogP contribution in [0.1, 0.15) is 226 Å². The van der Waals surface area contributed by atoms with E-state index in [4.69, 9.17) is 18.9 Å². The van der Waals surface area contributed by atoms with Crippen LogP contribution in [0.2, 0.25) is 0 Å². The van der Waals surface area contributed by atoms with Gasteiger partial charge in [0, 0.05) is 12.8 Å². The molecule has 0 aromatic heterocycles. The standard InChI is InChI=1S/C46H88O12S/c1-3-5-7-9-11-13-14-15-16-17-18-19-20-21-22-23-24-25-27-29-31-33-35-42(48)57-39(36-55-41(47)34-32-30-28-26-12-10-8-6-4-2)37-56-46-45(51)44(50)43(49)40(58-46)38-59(52,53)54/h39-40,43-46,49-51H,3-38H2,1-2H3,(H,52,53,54). The minimum absolute atomic E-state index is 0.173. The first-order valence-electron chi connectivity index (χ1n) is 24.1. The number of carbonyl (C=O) groups excluding carboxylic acids is 2. The molecule has 59 heavy (non-hydrogen) atoms. The molecule has 0 bridgehead atoms. The second-order valence-electron chi connectivity index (χ2n) is 17.1. The molecule has 0 radical (unpaired) electrons. The Bertz CT molecular complexity index is 1110. The van der Waals surface area contributed by atoms with E-state index in [1.54, 1.807) is 0 Å². The van der Waals surface area contributed by atoms with Gasteiger partial charge in [0.05, 0.1) is 6.61 Å². The van der Waals surface area contributed by atoms with Crippen molar-refractivity contribution in [2.45, 2.75) is 263 Å². The van der Waals surface area contributed by atoms with Crippen molar-refractivity contribution >= 4 is 22.1 Å². The van der Waals surface area contributed by atoms with Crippen LogP contribution in [-0.2, 0) is 38.7 Å². The fraction of sp³-hybridized carbons (Fsp3) is 0.957. The maximum Gasteiger partial charge on any atom is 0.306 e. The average Bonchev–Trinajstić information content (AvgIpc) is 3.20. The van der Waals surface area contributed by atoms with Gasteiger partial charge in [-0.2, -0.15) is 8.42 Å². The predicted molar refractivity (Wildman–Crippen MR) is 234 cm³/mol. The summed E-state index contributed by atoms with van der Waals surface area (Å²) in [6.45, 7) is 3.76. The van der Waals surface area contributed by atoms with Crippen LogP contribution in [-0.4, -0.2) is 96.0 Å². The summed E-state index contributed by atoms with van der Waals surface area (Å²) in [6, 6.07) is 0. The predicted octanol–water partition coefficient (Wildman–Crippen LogP) is 10.1. The number of esters is 2. The van der Waals surface area contributed by atoms with Crippen LogP contribution < -0.4 is 0 Å². The van der Waals surface area contributed by atoms with E-state index in [0.717, 1.165) is 38.5 Å². The lowest BCUT2D eigenvalue weighted by Crippen LogP contribution is -2.60. The van der Waals surface area contributed by atoms with E-state index in [9.17, 15) is 37.9 Å². The van der Waals surface area contributed by atoms with Crippen LogP contribution in [0.3, 0.4) is 0 Å². The van der Waals surface area contributed by atoms with Gasteiger partial charge in [-0.1, -0.05) is 200 Å². The van der Waals surface area contributed by atoms with Crippen LogP contribution in [0, 0.1) is 0 Å². The van der Waals surface area contributed by atoms with E-state index in [0.29, 0.717) is 12.8 Å². The van der Waals surface area contributed by atoms with Gasteiger partial charge in [-0.15, -0.1) is 0 Å². The molecule has 13 heteroatoms. The summed E-state index contributed by atoms with van der Waals surface area (Å²) < 4.78 is 54.0. The summed E-state index contributed by atoms with van der Waals surface area (Å²) in [7, 11) is -4.59. The van der Waals surface area contributed by atoms with Crippen LogP contribution in [0.4, 0.5) is 0 Å². The summed E-state index contributed by atoms with van der Waals surface area (Å²) in [6.07, 6.45) is 28.8. The molecule has 6 atom stereocenters. The Kier molecular flexibility index (Phi) is 35.1. The van der Waals surface area contributed by atoms with Crippen molar-refractivity contribution in [1.29, 1.82) is 0 Å². The van der Waals surface area contributed by atoms with Gasteiger partial charge in [-0.05, 0) is 12.8 Å². The van der Waals surface area contributed by atoms with Gasteiger partial charge in [0.1, 0.15) is 36.8 Å². The van der Waals surface area contributed by atoms with E-state index in [1.807, 2.05) is 0 Å². The van der Waals surface area contributed by atoms with E-state index in [1.165, 1.54) is 148 Å². The molecule has 1 fully saturated rings. The molecular weight excluding hydrogens is 777 g/mol. The summed E-state index contributed by atoms with van der Waals surface area (Å²) in [5.74, 6) is -1.97. The van der Waals surface area contributed by atoms with Crippen LogP contribution >= 0.6 is 0 Å². The zero-order valence-electron chi connectivity index (χ0n) is 37.4. The molecule has 1 heterocycles.